The summed E-state index contributed by atoms with van der Waals surface area (Å²) in [6.07, 6.45) is 9.94. The van der Waals surface area contributed by atoms with Crippen LogP contribution >= 0.6 is 11.6 Å². The summed E-state index contributed by atoms with van der Waals surface area (Å²) in [7, 11) is -1.34. The van der Waals surface area contributed by atoms with Crippen LogP contribution in [-0.2, 0) is 0 Å². The van der Waals surface area contributed by atoms with E-state index in [0.717, 1.165) is 44.5 Å². The maximum atomic E-state index is 10.8. The molecule has 5 aromatic carbocycles. The molecule has 5 heterocycles. The van der Waals surface area contributed by atoms with Crippen LogP contribution in [0.5, 0.6) is 0 Å². The molecule has 6 atom stereocenters. The molecule has 0 saturated carbocycles. The SMILES string of the molecule is NC1CCCNC1c1ccccc1.N[C@H]1CCCN[C@H]1c1ccccc1.N[C@H]1CCCN[C@H]1c1ccccc1.O=[N+]([O-])c1cccnc1-c1ccccc1.O=[N+]([O-])c1cccnc1Cl.OB(O)c1ccccc1.[Na+].[OH-]. The largest absolute Gasteiger partial charge is 1.00 e. The fraction of sp³-hybridized carbons (Fsp3) is 0.273. The first kappa shape index (κ1) is 63.5. The second kappa shape index (κ2) is 35.5. The van der Waals surface area contributed by atoms with Gasteiger partial charge in [-0.25, -0.2) is 9.97 Å². The van der Waals surface area contributed by atoms with Crippen LogP contribution in [0.3, 0.4) is 0 Å². The molecule has 3 aliphatic rings. The summed E-state index contributed by atoms with van der Waals surface area (Å²) in [6.45, 7) is 3.27. The molecule has 10 rings (SSSR count). The number of hydrogen-bond acceptors (Lipinski definition) is 15. The van der Waals surface area contributed by atoms with Gasteiger partial charge in [0, 0.05) is 66.3 Å². The first-order chi connectivity index (χ1) is 35.4. The maximum absolute atomic E-state index is 10.8. The summed E-state index contributed by atoms with van der Waals surface area (Å²) in [5, 5.41) is 48.3. The molecule has 17 nitrogen and oxygen atoms in total. The maximum Gasteiger partial charge on any atom is 1.00 e. The van der Waals surface area contributed by atoms with Gasteiger partial charge in [-0.05, 0) is 92.4 Å². The molecule has 3 saturated heterocycles. The minimum atomic E-state index is -1.34. The van der Waals surface area contributed by atoms with Gasteiger partial charge in [0.1, 0.15) is 5.69 Å². The van der Waals surface area contributed by atoms with E-state index in [9.17, 15) is 20.2 Å². The van der Waals surface area contributed by atoms with Crippen molar-refractivity contribution in [1.29, 1.82) is 0 Å². The zero-order valence-corrected chi connectivity index (χ0v) is 44.9. The van der Waals surface area contributed by atoms with Gasteiger partial charge >= 0.3 is 42.4 Å². The molecule has 20 heteroatoms. The number of benzene rings is 5. The third-order valence-corrected chi connectivity index (χ3v) is 12.4. The zero-order chi connectivity index (χ0) is 52.2. The number of aromatic nitrogens is 2. The first-order valence-electron chi connectivity index (χ1n) is 24.4. The molecule has 2 aromatic heterocycles. The van der Waals surface area contributed by atoms with E-state index in [1.807, 2.05) is 42.5 Å². The summed E-state index contributed by atoms with van der Waals surface area (Å²) in [5.74, 6) is 0. The Hall–Kier alpha value is -5.81. The number of hydrogen-bond donors (Lipinski definition) is 8. The second-order valence-corrected chi connectivity index (χ2v) is 17.7. The number of pyridine rings is 2. The van der Waals surface area contributed by atoms with Gasteiger partial charge in [-0.3, -0.25) is 20.2 Å². The molecular weight excluding hydrogens is 982 g/mol. The van der Waals surface area contributed by atoms with Gasteiger partial charge in [0.2, 0.25) is 5.15 Å². The van der Waals surface area contributed by atoms with E-state index in [1.54, 1.807) is 48.7 Å². The topological polar surface area (TPSA) is 297 Å². The summed E-state index contributed by atoms with van der Waals surface area (Å²) in [6, 6.07) is 56.8. The molecule has 3 fully saturated rings. The molecule has 0 amide bonds. The molecule has 0 radical (unpaired) electrons. The smallest absolute Gasteiger partial charge is 0.870 e. The van der Waals surface area contributed by atoms with E-state index in [2.05, 4.69) is 98.7 Å². The van der Waals surface area contributed by atoms with E-state index in [-0.39, 0.29) is 69.7 Å². The van der Waals surface area contributed by atoms with Gasteiger partial charge in [0.05, 0.1) is 9.85 Å². The molecule has 0 aliphatic carbocycles. The fourth-order valence-electron chi connectivity index (χ4n) is 8.32. The monoisotopic (exact) mass is 1050 g/mol. The molecule has 3 aliphatic heterocycles. The van der Waals surface area contributed by atoms with Crippen LogP contribution in [0.15, 0.2) is 188 Å². The van der Waals surface area contributed by atoms with Gasteiger partial charge in [0.25, 0.3) is 5.69 Å². The number of nitrogens with two attached hydrogens (primary N) is 3. The van der Waals surface area contributed by atoms with Crippen LogP contribution < -0.4 is 68.2 Å². The number of nitro groups is 2. The second-order valence-electron chi connectivity index (χ2n) is 17.3. The minimum Gasteiger partial charge on any atom is -0.870 e. The number of nitrogens with one attached hydrogen (secondary N) is 3. The fourth-order valence-corrected chi connectivity index (χ4v) is 8.51. The average Bonchev–Trinajstić information content (AvgIpc) is 3.43. The Labute approximate surface area is 466 Å². The summed E-state index contributed by atoms with van der Waals surface area (Å²) < 4.78 is 0. The van der Waals surface area contributed by atoms with Crippen molar-refractivity contribution in [3.63, 3.8) is 0 Å². The van der Waals surface area contributed by atoms with Crippen molar-refractivity contribution >= 4 is 35.6 Å². The molecule has 2 unspecified atom stereocenters. The van der Waals surface area contributed by atoms with E-state index in [1.165, 1.54) is 60.3 Å². The predicted molar refractivity (Wildman–Crippen MR) is 294 cm³/mol. The third kappa shape index (κ3) is 21.8. The van der Waals surface area contributed by atoms with Gasteiger partial charge in [-0.15, -0.1) is 0 Å². The molecular formula is C55H67BClN10NaO7. The Kier molecular flexibility index (Phi) is 30.0. The van der Waals surface area contributed by atoms with E-state index >= 15 is 0 Å². The van der Waals surface area contributed by atoms with Crippen molar-refractivity contribution in [2.75, 3.05) is 19.6 Å². The standard InChI is InChI=1S/C11H8N2O2.3C11H16N2.C6H7BO2.C5H3ClN2O2.Na.H2O/c14-13(15)10-7-4-8-12-11(10)9-5-2-1-3-6-9;3*12-10-7-4-8-13-11(10)9-5-2-1-3-6-9;8-7(9)6-4-2-1-3-5-6;6-5-4(8(9)10)2-1-3-7-5;;/h1-8H;3*1-3,5-6,10-11,13H,4,7-8,12H2;1-5,8-9H;1-3H;;1H2/q;;;;;;+1;/p-1/t;2*10-,11-;;;;;/m.00...../s1. The van der Waals surface area contributed by atoms with Gasteiger partial charge in [-0.2, -0.15) is 0 Å². The van der Waals surface area contributed by atoms with Gasteiger partial charge in [0.15, 0.2) is 0 Å². The van der Waals surface area contributed by atoms with E-state index in [0.29, 0.717) is 29.3 Å². The summed E-state index contributed by atoms with van der Waals surface area (Å²) >= 11 is 5.37. The van der Waals surface area contributed by atoms with Crippen LogP contribution in [0.4, 0.5) is 11.4 Å². The Balaban J connectivity index is 0.000000238. The zero-order valence-electron chi connectivity index (χ0n) is 42.2. The Morgan fingerprint density at radius 1 is 0.507 bits per heavy atom. The normalized spacial score (nSPS) is 19.2. The summed E-state index contributed by atoms with van der Waals surface area (Å²) in [4.78, 5) is 27.4. The van der Waals surface area contributed by atoms with Crippen molar-refractivity contribution in [3.8, 4) is 11.3 Å². The van der Waals surface area contributed by atoms with Crippen LogP contribution in [0.2, 0.25) is 5.15 Å². The molecule has 75 heavy (non-hydrogen) atoms. The van der Waals surface area contributed by atoms with E-state index < -0.39 is 17.0 Å². The summed E-state index contributed by atoms with van der Waals surface area (Å²) in [5.41, 5.74) is 23.6. The molecule has 12 N–H and O–H groups in total. The Morgan fingerprint density at radius 3 is 1.15 bits per heavy atom. The Morgan fingerprint density at radius 2 is 0.840 bits per heavy atom. The number of rotatable bonds is 7. The number of nitrogens with zero attached hydrogens (tertiary/aromatic N) is 4. The molecule has 390 valence electrons. The van der Waals surface area contributed by atoms with Crippen molar-refractivity contribution in [2.24, 2.45) is 17.2 Å². The van der Waals surface area contributed by atoms with Crippen molar-refractivity contribution in [3.05, 3.63) is 230 Å². The van der Waals surface area contributed by atoms with Crippen molar-refractivity contribution in [1.82, 2.24) is 25.9 Å². The average molecular weight is 1050 g/mol. The van der Waals surface area contributed by atoms with Crippen LogP contribution in [0.1, 0.15) is 73.3 Å². The predicted octanol–water partition coefficient (Wildman–Crippen LogP) is 4.81. The van der Waals surface area contributed by atoms with Crippen molar-refractivity contribution in [2.45, 2.75) is 74.8 Å². The quantitative estimate of drug-likeness (QED) is 0.0460. The van der Waals surface area contributed by atoms with E-state index in [4.69, 9.17) is 38.8 Å². The molecule has 0 bridgehead atoms. The Bertz CT molecular complexity index is 2510. The van der Waals surface area contributed by atoms with Gasteiger partial charge in [-0.1, -0.05) is 163 Å². The number of piperidine rings is 3. The van der Waals surface area contributed by atoms with Crippen LogP contribution in [-0.4, -0.2) is 80.2 Å². The number of halogens is 1. The minimum absolute atomic E-state index is 0. The van der Waals surface area contributed by atoms with Crippen LogP contribution in [0, 0.1) is 20.2 Å². The molecule has 0 spiro atoms. The molecule has 7 aromatic rings. The van der Waals surface area contributed by atoms with Crippen LogP contribution in [0.25, 0.3) is 11.3 Å². The first-order valence-corrected chi connectivity index (χ1v) is 24.7. The van der Waals surface area contributed by atoms with Crippen molar-refractivity contribution < 1.29 is 54.9 Å². The third-order valence-electron chi connectivity index (χ3n) is 12.1. The van der Waals surface area contributed by atoms with Gasteiger partial charge < -0.3 is 48.7 Å².